The van der Waals surface area contributed by atoms with Crippen molar-refractivity contribution in [2.24, 2.45) is 5.73 Å². The summed E-state index contributed by atoms with van der Waals surface area (Å²) in [5.41, 5.74) is 6.45. The third-order valence-corrected chi connectivity index (χ3v) is 3.61. The highest BCUT2D eigenvalue weighted by Gasteiger charge is 2.35. The van der Waals surface area contributed by atoms with E-state index in [1.54, 1.807) is 18.2 Å². The Morgan fingerprint density at radius 2 is 1.76 bits per heavy atom. The van der Waals surface area contributed by atoms with Gasteiger partial charge in [-0.2, -0.15) is 13.2 Å². The van der Waals surface area contributed by atoms with Gasteiger partial charge >= 0.3 is 6.18 Å². The summed E-state index contributed by atoms with van der Waals surface area (Å²) in [5, 5.41) is 0. The molecular formula is C16H14F3NO. The molecule has 1 atom stereocenters. The number of halogens is 3. The van der Waals surface area contributed by atoms with Crippen molar-refractivity contribution in [3.8, 4) is 16.9 Å². The molecule has 0 radical (unpaired) electrons. The average Bonchev–Trinajstić information content (AvgIpc) is 2.89. The van der Waals surface area contributed by atoms with Gasteiger partial charge in [-0.05, 0) is 17.2 Å². The van der Waals surface area contributed by atoms with Crippen LogP contribution in [0.2, 0.25) is 0 Å². The lowest BCUT2D eigenvalue weighted by Crippen LogP contribution is -2.24. The molecular weight excluding hydrogens is 279 g/mol. The van der Waals surface area contributed by atoms with Crippen molar-refractivity contribution in [3.05, 3.63) is 53.6 Å². The number of hydrogen-bond donors (Lipinski definition) is 1. The number of alkyl halides is 3. The van der Waals surface area contributed by atoms with Crippen LogP contribution >= 0.6 is 0 Å². The maximum Gasteiger partial charge on any atom is 0.417 e. The van der Waals surface area contributed by atoms with Crippen LogP contribution in [0.4, 0.5) is 13.2 Å². The molecule has 21 heavy (non-hydrogen) atoms. The minimum atomic E-state index is -4.40. The Balaban J connectivity index is 2.14. The van der Waals surface area contributed by atoms with Gasteiger partial charge in [-0.3, -0.25) is 0 Å². The molecule has 0 aliphatic carbocycles. The van der Waals surface area contributed by atoms with E-state index in [1.807, 2.05) is 6.07 Å². The minimum absolute atomic E-state index is 0.138. The van der Waals surface area contributed by atoms with Crippen LogP contribution in [0, 0.1) is 0 Å². The first-order valence-corrected chi connectivity index (χ1v) is 6.66. The van der Waals surface area contributed by atoms with Crippen molar-refractivity contribution in [3.63, 3.8) is 0 Å². The predicted molar refractivity (Wildman–Crippen MR) is 74.1 cm³/mol. The van der Waals surface area contributed by atoms with E-state index < -0.39 is 11.7 Å². The molecule has 0 spiro atoms. The van der Waals surface area contributed by atoms with Gasteiger partial charge in [0.1, 0.15) is 11.9 Å². The van der Waals surface area contributed by atoms with Gasteiger partial charge in [-0.25, -0.2) is 0 Å². The van der Waals surface area contributed by atoms with Crippen molar-refractivity contribution < 1.29 is 17.9 Å². The van der Waals surface area contributed by atoms with Crippen LogP contribution in [0.1, 0.15) is 11.1 Å². The molecule has 0 saturated heterocycles. The summed E-state index contributed by atoms with van der Waals surface area (Å²) < 4.78 is 45.2. The van der Waals surface area contributed by atoms with Gasteiger partial charge < -0.3 is 10.5 Å². The lowest BCUT2D eigenvalue weighted by molar-refractivity contribution is -0.137. The van der Waals surface area contributed by atoms with Gasteiger partial charge in [0.05, 0.1) is 5.56 Å². The summed E-state index contributed by atoms with van der Waals surface area (Å²) in [7, 11) is 0. The minimum Gasteiger partial charge on any atom is -0.488 e. The van der Waals surface area contributed by atoms with Crippen LogP contribution in [0.3, 0.4) is 0 Å². The average molecular weight is 293 g/mol. The topological polar surface area (TPSA) is 35.2 Å². The van der Waals surface area contributed by atoms with Crippen molar-refractivity contribution in [2.45, 2.75) is 18.7 Å². The summed E-state index contributed by atoms with van der Waals surface area (Å²) in [5.74, 6) is 0.518. The van der Waals surface area contributed by atoms with E-state index in [1.165, 1.54) is 12.1 Å². The lowest BCUT2D eigenvalue weighted by atomic mass is 9.96. The molecule has 0 amide bonds. The molecule has 2 N–H and O–H groups in total. The molecule has 110 valence electrons. The standard InChI is InChI=1S/C16H14F3NO/c17-16(18,19)14-7-2-1-5-12(14)13-6-3-4-10-8-11(9-20)21-15(10)13/h1-7,11H,8-9,20H2/t11-/m1/s1. The lowest BCUT2D eigenvalue weighted by Gasteiger charge is -2.15. The molecule has 0 saturated carbocycles. The fraction of sp³-hybridized carbons (Fsp3) is 0.250. The van der Waals surface area contributed by atoms with Crippen LogP contribution in [-0.4, -0.2) is 12.6 Å². The number of ether oxygens (including phenoxy) is 1. The summed E-state index contributed by atoms with van der Waals surface area (Å²) in [4.78, 5) is 0. The van der Waals surface area contributed by atoms with E-state index in [0.717, 1.165) is 11.6 Å². The molecule has 0 aromatic heterocycles. The van der Waals surface area contributed by atoms with Gasteiger partial charge in [0, 0.05) is 18.5 Å². The molecule has 1 heterocycles. The maximum atomic E-state index is 13.2. The molecule has 0 unspecified atom stereocenters. The monoisotopic (exact) mass is 293 g/mol. The van der Waals surface area contributed by atoms with E-state index in [0.29, 0.717) is 24.3 Å². The second-order valence-electron chi connectivity index (χ2n) is 5.02. The molecule has 1 aliphatic rings. The van der Waals surface area contributed by atoms with Crippen LogP contribution < -0.4 is 10.5 Å². The number of fused-ring (bicyclic) bond motifs is 1. The van der Waals surface area contributed by atoms with Gasteiger partial charge in [-0.15, -0.1) is 0 Å². The first kappa shape index (κ1) is 13.9. The Kier molecular flexibility index (Phi) is 3.37. The largest absolute Gasteiger partial charge is 0.488 e. The molecule has 2 aromatic carbocycles. The Morgan fingerprint density at radius 3 is 2.48 bits per heavy atom. The predicted octanol–water partition coefficient (Wildman–Crippen LogP) is 3.63. The highest BCUT2D eigenvalue weighted by molar-refractivity contribution is 5.76. The Labute approximate surface area is 120 Å². The molecule has 5 heteroatoms. The van der Waals surface area contributed by atoms with Crippen LogP contribution in [-0.2, 0) is 12.6 Å². The second-order valence-corrected chi connectivity index (χ2v) is 5.02. The van der Waals surface area contributed by atoms with E-state index in [2.05, 4.69) is 0 Å². The zero-order valence-corrected chi connectivity index (χ0v) is 11.2. The molecule has 0 fully saturated rings. The van der Waals surface area contributed by atoms with E-state index in [-0.39, 0.29) is 11.7 Å². The number of rotatable bonds is 2. The van der Waals surface area contributed by atoms with Gasteiger partial charge in [-0.1, -0.05) is 36.4 Å². The summed E-state index contributed by atoms with van der Waals surface area (Å²) in [6.07, 6.45) is -3.93. The van der Waals surface area contributed by atoms with E-state index in [4.69, 9.17) is 10.5 Å². The van der Waals surface area contributed by atoms with Crippen molar-refractivity contribution in [2.75, 3.05) is 6.54 Å². The number of nitrogens with two attached hydrogens (primary N) is 1. The normalized spacial score (nSPS) is 17.4. The number of hydrogen-bond acceptors (Lipinski definition) is 2. The van der Waals surface area contributed by atoms with Crippen LogP contribution in [0.25, 0.3) is 11.1 Å². The summed E-state index contributed by atoms with van der Waals surface area (Å²) in [6, 6.07) is 10.8. The Hall–Kier alpha value is -2.01. The van der Waals surface area contributed by atoms with Crippen LogP contribution in [0.5, 0.6) is 5.75 Å². The summed E-state index contributed by atoms with van der Waals surface area (Å²) in [6.45, 7) is 0.342. The first-order chi connectivity index (χ1) is 10.0. The highest BCUT2D eigenvalue weighted by Crippen LogP contribution is 2.43. The fourth-order valence-electron chi connectivity index (χ4n) is 2.65. The first-order valence-electron chi connectivity index (χ1n) is 6.66. The zero-order valence-electron chi connectivity index (χ0n) is 11.2. The number of benzene rings is 2. The molecule has 3 rings (SSSR count). The highest BCUT2D eigenvalue weighted by atomic mass is 19.4. The quantitative estimate of drug-likeness (QED) is 0.917. The molecule has 1 aliphatic heterocycles. The zero-order chi connectivity index (χ0) is 15.0. The fourth-order valence-corrected chi connectivity index (χ4v) is 2.65. The number of para-hydroxylation sites is 1. The molecule has 0 bridgehead atoms. The summed E-state index contributed by atoms with van der Waals surface area (Å²) >= 11 is 0. The second kappa shape index (κ2) is 5.07. The van der Waals surface area contributed by atoms with Crippen molar-refractivity contribution >= 4 is 0 Å². The molecule has 2 aromatic rings. The Bertz CT molecular complexity index is 667. The van der Waals surface area contributed by atoms with Gasteiger partial charge in [0.25, 0.3) is 0 Å². The molecule has 2 nitrogen and oxygen atoms in total. The Morgan fingerprint density at radius 1 is 1.05 bits per heavy atom. The van der Waals surface area contributed by atoms with Gasteiger partial charge in [0.2, 0.25) is 0 Å². The van der Waals surface area contributed by atoms with Gasteiger partial charge in [0.15, 0.2) is 0 Å². The SMILES string of the molecule is NC[C@H]1Cc2cccc(-c3ccccc3C(F)(F)F)c2O1. The third kappa shape index (κ3) is 2.49. The van der Waals surface area contributed by atoms with Crippen molar-refractivity contribution in [1.29, 1.82) is 0 Å². The third-order valence-electron chi connectivity index (χ3n) is 3.61. The smallest absolute Gasteiger partial charge is 0.417 e. The van der Waals surface area contributed by atoms with E-state index >= 15 is 0 Å². The van der Waals surface area contributed by atoms with E-state index in [9.17, 15) is 13.2 Å². The van der Waals surface area contributed by atoms with Crippen LogP contribution in [0.15, 0.2) is 42.5 Å². The van der Waals surface area contributed by atoms with Crippen molar-refractivity contribution in [1.82, 2.24) is 0 Å². The maximum absolute atomic E-state index is 13.2.